The Balaban J connectivity index is 1.67. The van der Waals surface area contributed by atoms with Crippen molar-refractivity contribution >= 4 is 29.2 Å². The molecule has 0 unspecified atom stereocenters. The minimum atomic E-state index is -1.36. The molecular formula is C32H32N2O3. The fraction of sp³-hybridized carbons (Fsp3) is 0.281. The third-order valence-corrected chi connectivity index (χ3v) is 7.43. The van der Waals surface area contributed by atoms with Gasteiger partial charge in [0.1, 0.15) is 5.75 Å². The molecule has 1 spiro atoms. The molecule has 0 bridgehead atoms. The van der Waals surface area contributed by atoms with Crippen LogP contribution in [0.4, 0.5) is 5.69 Å². The van der Waals surface area contributed by atoms with Crippen molar-refractivity contribution in [2.45, 2.75) is 33.1 Å². The van der Waals surface area contributed by atoms with Gasteiger partial charge in [0.15, 0.2) is 11.2 Å². The van der Waals surface area contributed by atoms with Gasteiger partial charge >= 0.3 is 0 Å². The van der Waals surface area contributed by atoms with Gasteiger partial charge in [0.05, 0.1) is 18.5 Å². The Labute approximate surface area is 218 Å². The number of Topliss-reactive ketones (excluding diaryl/α,β-unsaturated/α-hetero) is 1. The highest BCUT2D eigenvalue weighted by Crippen LogP contribution is 2.57. The van der Waals surface area contributed by atoms with E-state index < -0.39 is 10.8 Å². The first-order valence-corrected chi connectivity index (χ1v) is 12.7. The van der Waals surface area contributed by atoms with Crippen molar-refractivity contribution in [2.75, 3.05) is 12.1 Å². The van der Waals surface area contributed by atoms with Crippen LogP contribution >= 0.6 is 0 Å². The normalized spacial score (nSPS) is 23.8. The molecular weight excluding hydrogens is 460 g/mol. The smallest absolute Gasteiger partial charge is 0.267 e. The fourth-order valence-electron chi connectivity index (χ4n) is 5.74. The van der Waals surface area contributed by atoms with Gasteiger partial charge in [-0.1, -0.05) is 93.6 Å². The largest absolute Gasteiger partial charge is 0.497 e. The Hall–Kier alpha value is -3.99. The second-order valence-electron chi connectivity index (χ2n) is 10.8. The lowest BCUT2D eigenvalue weighted by Gasteiger charge is -2.35. The van der Waals surface area contributed by atoms with Gasteiger partial charge in [0, 0.05) is 17.8 Å². The molecule has 1 heterocycles. The van der Waals surface area contributed by atoms with Crippen LogP contribution in [0.2, 0.25) is 0 Å². The lowest BCUT2D eigenvalue weighted by atomic mass is 9.63. The Morgan fingerprint density at radius 2 is 1.54 bits per heavy atom. The van der Waals surface area contributed by atoms with Gasteiger partial charge in [-0.05, 0) is 41.3 Å². The van der Waals surface area contributed by atoms with E-state index in [4.69, 9.17) is 9.84 Å². The summed E-state index contributed by atoms with van der Waals surface area (Å²) in [5.74, 6) is -0.0863. The molecule has 1 aliphatic carbocycles. The van der Waals surface area contributed by atoms with Gasteiger partial charge in [-0.3, -0.25) is 9.59 Å². The maximum Gasteiger partial charge on any atom is 0.267 e. The number of nitrogens with zero attached hydrogens (tertiary/aromatic N) is 2. The Morgan fingerprint density at radius 1 is 0.919 bits per heavy atom. The Kier molecular flexibility index (Phi) is 6.32. The average molecular weight is 493 g/mol. The highest BCUT2D eigenvalue weighted by atomic mass is 16.5. The van der Waals surface area contributed by atoms with Crippen molar-refractivity contribution in [1.29, 1.82) is 0 Å². The second-order valence-corrected chi connectivity index (χ2v) is 10.8. The van der Waals surface area contributed by atoms with E-state index in [1.165, 1.54) is 5.01 Å². The lowest BCUT2D eigenvalue weighted by molar-refractivity contribution is -0.134. The Bertz CT molecular complexity index is 1350. The number of hydrogen-bond acceptors (Lipinski definition) is 4. The first-order chi connectivity index (χ1) is 17.8. The number of allylic oxidation sites excluding steroid dienone is 1. The number of rotatable bonds is 5. The highest BCUT2D eigenvalue weighted by molar-refractivity contribution is 6.34. The molecule has 37 heavy (non-hydrogen) atoms. The van der Waals surface area contributed by atoms with Crippen LogP contribution in [0, 0.1) is 16.7 Å². The van der Waals surface area contributed by atoms with Gasteiger partial charge in [0.25, 0.3) is 5.91 Å². The molecule has 2 aliphatic rings. The molecule has 1 aliphatic heterocycles. The fourth-order valence-corrected chi connectivity index (χ4v) is 5.74. The molecule has 0 saturated heterocycles. The molecule has 3 aromatic carbocycles. The number of para-hydroxylation sites is 1. The third kappa shape index (κ3) is 4.18. The molecule has 3 atom stereocenters. The summed E-state index contributed by atoms with van der Waals surface area (Å²) in [6.07, 6.45) is 4.35. The number of ketones is 1. The maximum atomic E-state index is 14.4. The summed E-state index contributed by atoms with van der Waals surface area (Å²) in [4.78, 5) is 28.6. The summed E-state index contributed by atoms with van der Waals surface area (Å²) in [6, 6.07) is 27.2. The molecule has 1 fully saturated rings. The molecule has 5 heteroatoms. The number of methoxy groups -OCH3 is 1. The van der Waals surface area contributed by atoms with Crippen LogP contribution in [0.3, 0.4) is 0 Å². The van der Waals surface area contributed by atoms with Crippen LogP contribution in [0.25, 0.3) is 6.08 Å². The number of ether oxygens (including phenoxy) is 1. The zero-order valence-corrected chi connectivity index (χ0v) is 21.7. The monoisotopic (exact) mass is 492 g/mol. The highest BCUT2D eigenvalue weighted by Gasteiger charge is 2.67. The molecule has 1 saturated carbocycles. The van der Waals surface area contributed by atoms with E-state index in [0.29, 0.717) is 11.4 Å². The molecule has 3 aromatic rings. The molecule has 0 aromatic heterocycles. The number of hydrazone groups is 1. The second kappa shape index (κ2) is 9.47. The topological polar surface area (TPSA) is 59.0 Å². The van der Waals surface area contributed by atoms with E-state index in [9.17, 15) is 9.59 Å². The van der Waals surface area contributed by atoms with E-state index in [-0.39, 0.29) is 29.9 Å². The first-order valence-electron chi connectivity index (χ1n) is 12.7. The van der Waals surface area contributed by atoms with Crippen LogP contribution in [-0.4, -0.2) is 24.5 Å². The summed E-state index contributed by atoms with van der Waals surface area (Å²) >= 11 is 0. The van der Waals surface area contributed by atoms with Gasteiger partial charge in [-0.15, -0.1) is 0 Å². The van der Waals surface area contributed by atoms with Crippen molar-refractivity contribution in [2.24, 2.45) is 21.8 Å². The minimum absolute atomic E-state index is 0.0668. The van der Waals surface area contributed by atoms with Crippen LogP contribution in [-0.2, 0) is 9.59 Å². The first kappa shape index (κ1) is 24.7. The lowest BCUT2D eigenvalue weighted by Crippen LogP contribution is -2.51. The third-order valence-electron chi connectivity index (χ3n) is 7.43. The number of hydrogen-bond donors (Lipinski definition) is 0. The van der Waals surface area contributed by atoms with Gasteiger partial charge in [0.2, 0.25) is 0 Å². The number of carbonyl (C=O) groups excluding carboxylic acids is 2. The van der Waals surface area contributed by atoms with Crippen molar-refractivity contribution in [1.82, 2.24) is 0 Å². The number of amides is 1. The average Bonchev–Trinajstić information content (AvgIpc) is 3.39. The number of carbonyl (C=O) groups is 2. The SMILES string of the molecule is COc1ccc(/C=C/[C@@H]2[C@@H](c3ccccc3)CC(=O)[C@]23C(=O)N(c2ccccc2)N=C3C(C)(C)C)cc1. The predicted molar refractivity (Wildman–Crippen MR) is 148 cm³/mol. The van der Waals surface area contributed by atoms with E-state index >= 15 is 0 Å². The van der Waals surface area contributed by atoms with Crippen LogP contribution in [0.1, 0.15) is 44.2 Å². The molecule has 0 radical (unpaired) electrons. The van der Waals surface area contributed by atoms with Crippen LogP contribution in [0.5, 0.6) is 5.75 Å². The van der Waals surface area contributed by atoms with E-state index in [1.54, 1.807) is 7.11 Å². The Morgan fingerprint density at radius 3 is 2.14 bits per heavy atom. The number of benzene rings is 3. The predicted octanol–water partition coefficient (Wildman–Crippen LogP) is 6.52. The summed E-state index contributed by atoms with van der Waals surface area (Å²) in [5.41, 5.74) is 1.46. The molecule has 5 rings (SSSR count). The van der Waals surface area contributed by atoms with Crippen LogP contribution in [0.15, 0.2) is 96.1 Å². The van der Waals surface area contributed by atoms with Crippen molar-refractivity contribution < 1.29 is 14.3 Å². The van der Waals surface area contributed by atoms with E-state index in [1.807, 2.05) is 112 Å². The minimum Gasteiger partial charge on any atom is -0.497 e. The maximum absolute atomic E-state index is 14.4. The van der Waals surface area contributed by atoms with Crippen molar-refractivity contribution in [3.63, 3.8) is 0 Å². The quantitative estimate of drug-likeness (QED) is 0.381. The number of anilines is 1. The zero-order chi connectivity index (χ0) is 26.2. The standard InChI is InChI=1S/C32H32N2O3/c1-31(2,3)29-32(30(36)34(33-29)24-13-9-6-10-14-24)27(20-17-22-15-18-25(37-4)19-16-22)26(21-28(32)35)23-11-7-5-8-12-23/h5-20,26-27H,21H2,1-4H3/b20-17+/t26-,27-,32-/m1/s1. The van der Waals surface area contributed by atoms with E-state index in [0.717, 1.165) is 16.9 Å². The van der Waals surface area contributed by atoms with Gasteiger partial charge in [-0.25, -0.2) is 0 Å². The molecule has 188 valence electrons. The van der Waals surface area contributed by atoms with Gasteiger partial charge in [-0.2, -0.15) is 10.1 Å². The summed E-state index contributed by atoms with van der Waals surface area (Å²) in [5, 5.41) is 6.33. The molecule has 0 N–H and O–H groups in total. The zero-order valence-electron chi connectivity index (χ0n) is 21.7. The molecule has 1 amide bonds. The summed E-state index contributed by atoms with van der Waals surface area (Å²) < 4.78 is 5.30. The van der Waals surface area contributed by atoms with Crippen molar-refractivity contribution in [3.05, 3.63) is 102 Å². The molecule has 5 nitrogen and oxygen atoms in total. The van der Waals surface area contributed by atoms with Crippen LogP contribution < -0.4 is 9.75 Å². The van der Waals surface area contributed by atoms with Crippen molar-refractivity contribution in [3.8, 4) is 5.75 Å². The summed E-state index contributed by atoms with van der Waals surface area (Å²) in [7, 11) is 1.64. The van der Waals surface area contributed by atoms with E-state index in [2.05, 4.69) is 6.08 Å². The summed E-state index contributed by atoms with van der Waals surface area (Å²) in [6.45, 7) is 6.09. The van der Waals surface area contributed by atoms with Gasteiger partial charge < -0.3 is 4.74 Å².